The van der Waals surface area contributed by atoms with E-state index in [9.17, 15) is 13.2 Å². The van der Waals surface area contributed by atoms with E-state index in [4.69, 9.17) is 9.47 Å². The summed E-state index contributed by atoms with van der Waals surface area (Å²) in [7, 11) is -2.06. The summed E-state index contributed by atoms with van der Waals surface area (Å²) in [5.74, 6) is 1.06. The number of anilines is 1. The summed E-state index contributed by atoms with van der Waals surface area (Å²) in [4.78, 5) is 11.2. The van der Waals surface area contributed by atoms with Gasteiger partial charge in [-0.3, -0.25) is 4.79 Å². The molecule has 0 aromatic heterocycles. The molecular weight excluding hydrogens is 368 g/mol. The second-order valence-electron chi connectivity index (χ2n) is 5.77. The van der Waals surface area contributed by atoms with Crippen LogP contribution in [0.25, 0.3) is 0 Å². The van der Waals surface area contributed by atoms with Crippen LogP contribution in [0.15, 0.2) is 47.4 Å². The topological polar surface area (TPSA) is 93.7 Å². The van der Waals surface area contributed by atoms with Gasteiger partial charge in [0.1, 0.15) is 0 Å². The van der Waals surface area contributed by atoms with E-state index in [1.165, 1.54) is 19.1 Å². The van der Waals surface area contributed by atoms with Gasteiger partial charge in [0.05, 0.1) is 18.6 Å². The predicted octanol–water partition coefficient (Wildman–Crippen LogP) is 2.57. The molecule has 0 aliphatic rings. The molecule has 0 unspecified atom stereocenters. The van der Waals surface area contributed by atoms with Gasteiger partial charge < -0.3 is 14.8 Å². The number of amides is 1. The first-order valence-electron chi connectivity index (χ1n) is 8.52. The van der Waals surface area contributed by atoms with Crippen LogP contribution in [0.2, 0.25) is 0 Å². The maximum Gasteiger partial charge on any atom is 0.240 e. The molecule has 2 N–H and O–H groups in total. The monoisotopic (exact) mass is 392 g/mol. The number of methoxy groups -OCH3 is 1. The largest absolute Gasteiger partial charge is 0.493 e. The Morgan fingerprint density at radius 1 is 1.07 bits per heavy atom. The van der Waals surface area contributed by atoms with Gasteiger partial charge in [0.15, 0.2) is 11.5 Å². The van der Waals surface area contributed by atoms with Gasteiger partial charge in [0, 0.05) is 19.2 Å². The van der Waals surface area contributed by atoms with Crippen LogP contribution in [0.3, 0.4) is 0 Å². The van der Waals surface area contributed by atoms with Crippen LogP contribution in [0, 0.1) is 0 Å². The van der Waals surface area contributed by atoms with Gasteiger partial charge in [0.25, 0.3) is 0 Å². The second kappa shape index (κ2) is 9.38. The first kappa shape index (κ1) is 20.7. The summed E-state index contributed by atoms with van der Waals surface area (Å²) in [6.45, 7) is 4.07. The van der Waals surface area contributed by atoms with Crippen molar-refractivity contribution in [3.8, 4) is 11.5 Å². The third-order valence-corrected chi connectivity index (χ3v) is 5.20. The van der Waals surface area contributed by atoms with Crippen molar-refractivity contribution in [1.82, 2.24) is 4.72 Å². The summed E-state index contributed by atoms with van der Waals surface area (Å²) in [6.07, 6.45) is 0.506. The predicted molar refractivity (Wildman–Crippen MR) is 104 cm³/mol. The molecule has 0 aliphatic heterocycles. The number of benzene rings is 2. The minimum atomic E-state index is -3.63. The van der Waals surface area contributed by atoms with Gasteiger partial charge in [-0.15, -0.1) is 0 Å². The van der Waals surface area contributed by atoms with Crippen LogP contribution in [-0.2, 0) is 21.2 Å². The highest BCUT2D eigenvalue weighted by Crippen LogP contribution is 2.28. The van der Waals surface area contributed by atoms with Gasteiger partial charge in [-0.2, -0.15) is 0 Å². The maximum absolute atomic E-state index is 12.4. The summed E-state index contributed by atoms with van der Waals surface area (Å²) in [5.41, 5.74) is 1.47. The Kier molecular flexibility index (Phi) is 7.20. The molecule has 2 aromatic rings. The molecule has 0 saturated heterocycles. The fourth-order valence-corrected chi connectivity index (χ4v) is 3.51. The van der Waals surface area contributed by atoms with E-state index in [1.54, 1.807) is 19.2 Å². The van der Waals surface area contributed by atoms with Gasteiger partial charge in [-0.1, -0.05) is 6.07 Å². The molecule has 0 spiro atoms. The van der Waals surface area contributed by atoms with Crippen LogP contribution in [0.5, 0.6) is 11.5 Å². The molecule has 0 bridgehead atoms. The SMILES string of the molecule is CCOc1ccc(CCNS(=O)(=O)c2ccc(NC(C)=O)cc2)cc1OC. The van der Waals surface area contributed by atoms with Crippen LogP contribution >= 0.6 is 0 Å². The van der Waals surface area contributed by atoms with Gasteiger partial charge >= 0.3 is 0 Å². The highest BCUT2D eigenvalue weighted by molar-refractivity contribution is 7.89. The van der Waals surface area contributed by atoms with Crippen molar-refractivity contribution in [1.29, 1.82) is 0 Å². The molecule has 27 heavy (non-hydrogen) atoms. The molecule has 146 valence electrons. The van der Waals surface area contributed by atoms with Crippen molar-refractivity contribution in [3.63, 3.8) is 0 Å². The molecule has 0 saturated carbocycles. The Morgan fingerprint density at radius 2 is 1.78 bits per heavy atom. The van der Waals surface area contributed by atoms with Gasteiger partial charge in [0.2, 0.25) is 15.9 Å². The maximum atomic E-state index is 12.4. The van der Waals surface area contributed by atoms with E-state index in [0.717, 1.165) is 5.56 Å². The smallest absolute Gasteiger partial charge is 0.240 e. The number of sulfonamides is 1. The van der Waals surface area contributed by atoms with Crippen molar-refractivity contribution in [3.05, 3.63) is 48.0 Å². The Morgan fingerprint density at radius 3 is 2.37 bits per heavy atom. The molecule has 0 radical (unpaired) electrons. The molecule has 0 aliphatic carbocycles. The Bertz CT molecular complexity index is 879. The summed E-state index contributed by atoms with van der Waals surface area (Å²) in [5, 5.41) is 2.60. The quantitative estimate of drug-likeness (QED) is 0.684. The number of rotatable bonds is 9. The van der Waals surface area contributed by atoms with Crippen molar-refractivity contribution >= 4 is 21.6 Å². The van der Waals surface area contributed by atoms with Gasteiger partial charge in [-0.05, 0) is 55.3 Å². The van der Waals surface area contributed by atoms with Crippen molar-refractivity contribution in [2.75, 3.05) is 25.6 Å². The Hall–Kier alpha value is -2.58. The standard InChI is InChI=1S/C19H24N2O5S/c1-4-26-18-10-5-15(13-19(18)25-3)11-12-20-27(23,24)17-8-6-16(7-9-17)21-14(2)22/h5-10,13,20H,4,11-12H2,1-3H3,(H,21,22). The van der Waals surface area contributed by atoms with E-state index in [0.29, 0.717) is 30.2 Å². The molecule has 8 heteroatoms. The lowest BCUT2D eigenvalue weighted by Crippen LogP contribution is -2.26. The molecule has 0 atom stereocenters. The number of nitrogens with one attached hydrogen (secondary N) is 2. The fraction of sp³-hybridized carbons (Fsp3) is 0.316. The van der Waals surface area contributed by atoms with Crippen LogP contribution in [0.4, 0.5) is 5.69 Å². The normalized spacial score (nSPS) is 11.1. The molecule has 1 amide bonds. The van der Waals surface area contributed by atoms with E-state index < -0.39 is 10.0 Å². The van der Waals surface area contributed by atoms with Crippen LogP contribution in [0.1, 0.15) is 19.4 Å². The lowest BCUT2D eigenvalue weighted by Gasteiger charge is -2.11. The van der Waals surface area contributed by atoms with Crippen LogP contribution in [-0.4, -0.2) is 34.6 Å². The van der Waals surface area contributed by atoms with E-state index in [1.807, 2.05) is 25.1 Å². The van der Waals surface area contributed by atoms with Crippen LogP contribution < -0.4 is 19.5 Å². The average molecular weight is 392 g/mol. The zero-order valence-electron chi connectivity index (χ0n) is 15.6. The Labute approximate surface area is 159 Å². The van der Waals surface area contributed by atoms with Crippen molar-refractivity contribution < 1.29 is 22.7 Å². The summed E-state index contributed by atoms with van der Waals surface area (Å²) in [6, 6.07) is 11.5. The highest BCUT2D eigenvalue weighted by Gasteiger charge is 2.14. The summed E-state index contributed by atoms with van der Waals surface area (Å²) < 4.78 is 38.1. The number of ether oxygens (including phenoxy) is 2. The lowest BCUT2D eigenvalue weighted by atomic mass is 10.1. The summed E-state index contributed by atoms with van der Waals surface area (Å²) >= 11 is 0. The third kappa shape index (κ3) is 5.97. The number of carbonyl (C=O) groups excluding carboxylic acids is 1. The van der Waals surface area contributed by atoms with Crippen molar-refractivity contribution in [2.45, 2.75) is 25.2 Å². The van der Waals surface area contributed by atoms with E-state index in [2.05, 4.69) is 10.0 Å². The molecule has 0 fully saturated rings. The number of carbonyl (C=O) groups is 1. The zero-order valence-corrected chi connectivity index (χ0v) is 16.4. The molecule has 2 rings (SSSR count). The lowest BCUT2D eigenvalue weighted by molar-refractivity contribution is -0.114. The second-order valence-corrected chi connectivity index (χ2v) is 7.54. The Balaban J connectivity index is 1.98. The average Bonchev–Trinajstić information content (AvgIpc) is 2.63. The zero-order chi connectivity index (χ0) is 19.9. The minimum Gasteiger partial charge on any atom is -0.493 e. The highest BCUT2D eigenvalue weighted by atomic mass is 32.2. The molecular formula is C19H24N2O5S. The van der Waals surface area contributed by atoms with E-state index in [-0.39, 0.29) is 17.3 Å². The third-order valence-electron chi connectivity index (χ3n) is 3.72. The van der Waals surface area contributed by atoms with E-state index >= 15 is 0 Å². The fourth-order valence-electron chi connectivity index (χ4n) is 2.48. The molecule has 7 nitrogen and oxygen atoms in total. The van der Waals surface area contributed by atoms with Gasteiger partial charge in [-0.25, -0.2) is 13.1 Å². The molecule has 2 aromatic carbocycles. The first-order chi connectivity index (χ1) is 12.9. The number of hydrogen-bond donors (Lipinski definition) is 2. The first-order valence-corrected chi connectivity index (χ1v) is 10.0. The molecule has 0 heterocycles. The number of hydrogen-bond acceptors (Lipinski definition) is 5. The minimum absolute atomic E-state index is 0.140. The van der Waals surface area contributed by atoms with Crippen molar-refractivity contribution in [2.24, 2.45) is 0 Å².